The maximum atomic E-state index is 13.5. The molecule has 2 fully saturated rings. The standard InChI is InChI=1S/C25H23FN2O2/c26-21-7-3-6-20(14-21)25(30)28-22(15-27)24(23(28)16-29)19-12-10-18(11-13-19)9-8-17-4-1-2-5-17/h3,6-7,10-14,17,22-24,29H,1-2,4-5,16H2/t22-,23-,24+/m1/s1. The second-order valence-electron chi connectivity index (χ2n) is 7.95. The van der Waals surface area contributed by atoms with Gasteiger partial charge in [-0.25, -0.2) is 4.39 Å². The van der Waals surface area contributed by atoms with Crippen molar-refractivity contribution in [3.63, 3.8) is 0 Å². The third-order valence-corrected chi connectivity index (χ3v) is 6.11. The average molecular weight is 402 g/mol. The van der Waals surface area contributed by atoms with E-state index in [1.807, 2.05) is 24.3 Å². The Balaban J connectivity index is 1.52. The summed E-state index contributed by atoms with van der Waals surface area (Å²) in [7, 11) is 0. The molecule has 1 heterocycles. The normalized spacial score (nSPS) is 23.2. The quantitative estimate of drug-likeness (QED) is 0.793. The molecule has 1 amide bonds. The Morgan fingerprint density at radius 1 is 1.17 bits per heavy atom. The largest absolute Gasteiger partial charge is 0.394 e. The summed E-state index contributed by atoms with van der Waals surface area (Å²) in [6, 6.07) is 14.0. The summed E-state index contributed by atoms with van der Waals surface area (Å²) in [4.78, 5) is 14.2. The van der Waals surface area contributed by atoms with Crippen LogP contribution in [-0.4, -0.2) is 34.6 Å². The summed E-state index contributed by atoms with van der Waals surface area (Å²) in [5.41, 5.74) is 1.98. The van der Waals surface area contributed by atoms with Crippen LogP contribution in [0.4, 0.5) is 4.39 Å². The maximum Gasteiger partial charge on any atom is 0.255 e. The molecule has 4 rings (SSSR count). The summed E-state index contributed by atoms with van der Waals surface area (Å²) in [6.07, 6.45) is 4.85. The molecule has 0 spiro atoms. The number of carbonyl (C=O) groups is 1. The van der Waals surface area contributed by atoms with E-state index in [4.69, 9.17) is 0 Å². The molecule has 30 heavy (non-hydrogen) atoms. The Morgan fingerprint density at radius 3 is 2.53 bits per heavy atom. The van der Waals surface area contributed by atoms with Crippen LogP contribution in [0.2, 0.25) is 0 Å². The maximum absolute atomic E-state index is 13.5. The minimum atomic E-state index is -0.714. The molecule has 2 aliphatic rings. The van der Waals surface area contributed by atoms with Crippen molar-refractivity contribution in [2.24, 2.45) is 5.92 Å². The van der Waals surface area contributed by atoms with Gasteiger partial charge in [0, 0.05) is 23.0 Å². The highest BCUT2D eigenvalue weighted by Gasteiger charge is 2.51. The zero-order valence-corrected chi connectivity index (χ0v) is 16.6. The van der Waals surface area contributed by atoms with Crippen molar-refractivity contribution in [2.75, 3.05) is 6.61 Å². The van der Waals surface area contributed by atoms with E-state index >= 15 is 0 Å². The van der Waals surface area contributed by atoms with E-state index in [0.717, 1.165) is 17.2 Å². The zero-order chi connectivity index (χ0) is 21.1. The van der Waals surface area contributed by atoms with Crippen LogP contribution in [-0.2, 0) is 0 Å². The van der Waals surface area contributed by atoms with Gasteiger partial charge in [0.1, 0.15) is 11.9 Å². The van der Waals surface area contributed by atoms with Gasteiger partial charge < -0.3 is 10.0 Å². The fourth-order valence-electron chi connectivity index (χ4n) is 4.50. The molecule has 152 valence electrons. The Kier molecular flexibility index (Phi) is 5.84. The van der Waals surface area contributed by atoms with E-state index in [1.165, 1.54) is 48.8 Å². The lowest BCUT2D eigenvalue weighted by atomic mass is 9.75. The topological polar surface area (TPSA) is 64.3 Å². The number of likely N-dealkylation sites (tertiary alicyclic amines) is 1. The van der Waals surface area contributed by atoms with E-state index in [1.54, 1.807) is 0 Å². The molecule has 2 aromatic carbocycles. The summed E-state index contributed by atoms with van der Waals surface area (Å²) >= 11 is 0. The van der Waals surface area contributed by atoms with Gasteiger partial charge in [-0.15, -0.1) is 0 Å². The van der Waals surface area contributed by atoms with Crippen LogP contribution in [0, 0.1) is 34.9 Å². The van der Waals surface area contributed by atoms with Crippen LogP contribution in [0.25, 0.3) is 0 Å². The molecular weight excluding hydrogens is 379 g/mol. The van der Waals surface area contributed by atoms with E-state index in [0.29, 0.717) is 5.92 Å². The molecule has 3 atom stereocenters. The van der Waals surface area contributed by atoms with Gasteiger partial charge in [0.25, 0.3) is 5.91 Å². The number of nitriles is 1. The Hall–Kier alpha value is -3.15. The van der Waals surface area contributed by atoms with Crippen LogP contribution in [0.15, 0.2) is 48.5 Å². The molecule has 0 radical (unpaired) electrons. The highest BCUT2D eigenvalue weighted by atomic mass is 19.1. The number of amides is 1. The first kappa shape index (κ1) is 20.1. The minimum absolute atomic E-state index is 0.171. The zero-order valence-electron chi connectivity index (χ0n) is 16.6. The molecule has 0 aromatic heterocycles. The average Bonchev–Trinajstić information content (AvgIpc) is 3.27. The first-order valence-corrected chi connectivity index (χ1v) is 10.3. The Morgan fingerprint density at radius 2 is 1.90 bits per heavy atom. The lowest BCUT2D eigenvalue weighted by Gasteiger charge is -2.51. The number of benzene rings is 2. The molecule has 1 aliphatic heterocycles. The van der Waals surface area contributed by atoms with Crippen molar-refractivity contribution >= 4 is 5.91 Å². The van der Waals surface area contributed by atoms with Gasteiger partial charge in [0.15, 0.2) is 0 Å². The molecule has 2 aromatic rings. The number of aliphatic hydroxyl groups is 1. The number of nitrogens with zero attached hydrogens (tertiary/aromatic N) is 2. The van der Waals surface area contributed by atoms with Crippen molar-refractivity contribution in [2.45, 2.75) is 43.7 Å². The van der Waals surface area contributed by atoms with Gasteiger partial charge in [0.05, 0.1) is 18.7 Å². The van der Waals surface area contributed by atoms with Crippen LogP contribution >= 0.6 is 0 Å². The molecule has 1 saturated heterocycles. The molecule has 1 N–H and O–H groups in total. The minimum Gasteiger partial charge on any atom is -0.394 e. The van der Waals surface area contributed by atoms with Gasteiger partial charge >= 0.3 is 0 Å². The van der Waals surface area contributed by atoms with Gasteiger partial charge in [-0.05, 0) is 48.7 Å². The van der Waals surface area contributed by atoms with Crippen molar-refractivity contribution in [1.29, 1.82) is 5.26 Å². The summed E-state index contributed by atoms with van der Waals surface area (Å²) in [6.45, 7) is -0.271. The predicted molar refractivity (Wildman–Crippen MR) is 111 cm³/mol. The van der Waals surface area contributed by atoms with Crippen molar-refractivity contribution in [1.82, 2.24) is 4.90 Å². The fourth-order valence-corrected chi connectivity index (χ4v) is 4.50. The second kappa shape index (κ2) is 8.69. The van der Waals surface area contributed by atoms with Crippen LogP contribution < -0.4 is 0 Å². The first-order chi connectivity index (χ1) is 14.6. The van der Waals surface area contributed by atoms with E-state index in [-0.39, 0.29) is 18.1 Å². The summed E-state index contributed by atoms with van der Waals surface area (Å²) in [5, 5.41) is 19.6. The number of hydrogen-bond acceptors (Lipinski definition) is 3. The highest BCUT2D eigenvalue weighted by molar-refractivity contribution is 5.95. The molecule has 0 unspecified atom stereocenters. The molecule has 4 nitrogen and oxygen atoms in total. The first-order valence-electron chi connectivity index (χ1n) is 10.3. The lowest BCUT2D eigenvalue weighted by Crippen LogP contribution is -2.65. The van der Waals surface area contributed by atoms with Crippen molar-refractivity contribution in [3.8, 4) is 17.9 Å². The molecule has 5 heteroatoms. The summed E-state index contributed by atoms with van der Waals surface area (Å²) < 4.78 is 13.5. The van der Waals surface area contributed by atoms with Gasteiger partial charge in [-0.3, -0.25) is 4.79 Å². The highest BCUT2D eigenvalue weighted by Crippen LogP contribution is 2.41. The van der Waals surface area contributed by atoms with E-state index in [9.17, 15) is 19.6 Å². The smallest absolute Gasteiger partial charge is 0.255 e. The number of rotatable bonds is 3. The molecule has 1 saturated carbocycles. The van der Waals surface area contributed by atoms with Crippen molar-refractivity contribution < 1.29 is 14.3 Å². The molecular formula is C25H23FN2O2. The molecule has 0 bridgehead atoms. The lowest BCUT2D eigenvalue weighted by molar-refractivity contribution is -0.00588. The number of aliphatic hydroxyl groups excluding tert-OH is 1. The van der Waals surface area contributed by atoms with E-state index in [2.05, 4.69) is 17.9 Å². The van der Waals surface area contributed by atoms with Crippen LogP contribution in [0.5, 0.6) is 0 Å². The SMILES string of the molecule is N#C[C@@H]1[C@H](c2ccc(C#CC3CCCC3)cc2)[C@@H](CO)N1C(=O)c1cccc(F)c1. The Bertz CT molecular complexity index is 1030. The van der Waals surface area contributed by atoms with Crippen LogP contribution in [0.3, 0.4) is 0 Å². The molecule has 1 aliphatic carbocycles. The Labute approximate surface area is 175 Å². The third kappa shape index (κ3) is 3.82. The predicted octanol–water partition coefficient (Wildman–Crippen LogP) is 3.86. The van der Waals surface area contributed by atoms with Crippen LogP contribution in [0.1, 0.15) is 53.1 Å². The second-order valence-corrected chi connectivity index (χ2v) is 7.95. The van der Waals surface area contributed by atoms with E-state index < -0.39 is 23.8 Å². The number of carbonyl (C=O) groups excluding carboxylic acids is 1. The third-order valence-electron chi connectivity index (χ3n) is 6.11. The van der Waals surface area contributed by atoms with Gasteiger partial charge in [-0.2, -0.15) is 5.26 Å². The van der Waals surface area contributed by atoms with Crippen molar-refractivity contribution in [3.05, 3.63) is 71.0 Å². The van der Waals surface area contributed by atoms with Gasteiger partial charge in [-0.1, -0.05) is 42.9 Å². The number of hydrogen-bond donors (Lipinski definition) is 1. The number of halogens is 1. The fraction of sp³-hybridized carbons (Fsp3) is 0.360. The monoisotopic (exact) mass is 402 g/mol. The van der Waals surface area contributed by atoms with Gasteiger partial charge in [0.2, 0.25) is 0 Å². The summed E-state index contributed by atoms with van der Waals surface area (Å²) in [5.74, 6) is 5.79.